The van der Waals surface area contributed by atoms with Gasteiger partial charge in [0, 0.05) is 12.1 Å². The zero-order valence-electron chi connectivity index (χ0n) is 6.48. The van der Waals surface area contributed by atoms with Crippen LogP contribution in [0.5, 0.6) is 0 Å². The van der Waals surface area contributed by atoms with E-state index in [2.05, 4.69) is 26.9 Å². The first-order valence-corrected chi connectivity index (χ1v) is 3.82. The Balaban J connectivity index is 0.00000121. The molecule has 1 rings (SSSR count). The van der Waals surface area contributed by atoms with Gasteiger partial charge in [0.1, 0.15) is 6.54 Å². The molecule has 0 saturated heterocycles. The van der Waals surface area contributed by atoms with E-state index >= 15 is 0 Å². The highest BCUT2D eigenvalue weighted by Gasteiger charge is 1.93. The van der Waals surface area contributed by atoms with E-state index in [1.165, 1.54) is 0 Å². The second-order valence-electron chi connectivity index (χ2n) is 2.09. The number of isothiocyanates is 1. The van der Waals surface area contributed by atoms with Crippen molar-refractivity contribution in [3.63, 3.8) is 0 Å². The summed E-state index contributed by atoms with van der Waals surface area (Å²) in [4.78, 5) is 3.81. The highest BCUT2D eigenvalue weighted by Crippen LogP contribution is 1.76. The standard InChI is InChI=1S/C8H9N2S.BrH/c11-8-9-4-7-10-5-2-1-3-6-10;/h1-3,5-6H,4,7H2;1H/q+1;/p-1. The molecule has 0 radical (unpaired) electrons. The molecule has 0 aliphatic rings. The first-order chi connectivity index (χ1) is 5.43. The maximum atomic E-state index is 4.44. The van der Waals surface area contributed by atoms with Gasteiger partial charge in [0.2, 0.25) is 0 Å². The normalized spacial score (nSPS) is 8.00. The molecule has 0 N–H and O–H groups in total. The van der Waals surface area contributed by atoms with Gasteiger partial charge in [-0.1, -0.05) is 6.07 Å². The minimum Gasteiger partial charge on any atom is -1.00 e. The predicted molar refractivity (Wildman–Crippen MR) is 46.5 cm³/mol. The van der Waals surface area contributed by atoms with Crippen LogP contribution in [0, 0.1) is 0 Å². The van der Waals surface area contributed by atoms with E-state index in [1.54, 1.807) is 0 Å². The molecule has 0 aliphatic carbocycles. The first kappa shape index (κ1) is 11.4. The Morgan fingerprint density at radius 2 is 1.92 bits per heavy atom. The van der Waals surface area contributed by atoms with E-state index < -0.39 is 0 Å². The summed E-state index contributed by atoms with van der Waals surface area (Å²) < 4.78 is 2.05. The van der Waals surface area contributed by atoms with Gasteiger partial charge in [-0.3, -0.25) is 0 Å². The zero-order valence-corrected chi connectivity index (χ0v) is 8.88. The number of pyridine rings is 1. The van der Waals surface area contributed by atoms with Crippen molar-refractivity contribution in [1.29, 1.82) is 0 Å². The zero-order chi connectivity index (χ0) is 7.94. The summed E-state index contributed by atoms with van der Waals surface area (Å²) >= 11 is 4.44. The summed E-state index contributed by atoms with van der Waals surface area (Å²) in [6, 6.07) is 5.96. The van der Waals surface area contributed by atoms with Crippen molar-refractivity contribution in [2.24, 2.45) is 4.99 Å². The number of hydrogen-bond acceptors (Lipinski definition) is 2. The van der Waals surface area contributed by atoms with Crippen LogP contribution >= 0.6 is 12.2 Å². The van der Waals surface area contributed by atoms with Crippen molar-refractivity contribution in [2.45, 2.75) is 6.54 Å². The average molecular weight is 245 g/mol. The van der Waals surface area contributed by atoms with Crippen molar-refractivity contribution >= 4 is 17.4 Å². The van der Waals surface area contributed by atoms with Crippen LogP contribution in [0.25, 0.3) is 0 Å². The van der Waals surface area contributed by atoms with Crippen LogP contribution in [0.1, 0.15) is 0 Å². The Bertz CT molecular complexity index is 257. The second-order valence-corrected chi connectivity index (χ2v) is 2.27. The van der Waals surface area contributed by atoms with E-state index in [1.807, 2.05) is 30.6 Å². The Morgan fingerprint density at radius 1 is 1.25 bits per heavy atom. The van der Waals surface area contributed by atoms with E-state index in [-0.39, 0.29) is 17.0 Å². The summed E-state index contributed by atoms with van der Waals surface area (Å²) in [5, 5.41) is 2.33. The molecule has 0 fully saturated rings. The van der Waals surface area contributed by atoms with Crippen LogP contribution in [0.2, 0.25) is 0 Å². The Kier molecular flexibility index (Phi) is 6.76. The predicted octanol–water partition coefficient (Wildman–Crippen LogP) is -1.92. The SMILES string of the molecule is S=C=NCC[n+]1ccccc1.[Br-]. The number of rotatable bonds is 3. The molecular formula is C8H9BrN2S. The van der Waals surface area contributed by atoms with Crippen LogP contribution in [0.3, 0.4) is 0 Å². The summed E-state index contributed by atoms with van der Waals surface area (Å²) in [7, 11) is 0. The Morgan fingerprint density at radius 3 is 2.50 bits per heavy atom. The van der Waals surface area contributed by atoms with Crippen LogP contribution in [0.15, 0.2) is 35.6 Å². The van der Waals surface area contributed by atoms with E-state index in [4.69, 9.17) is 0 Å². The lowest BCUT2D eigenvalue weighted by Crippen LogP contribution is -3.00. The van der Waals surface area contributed by atoms with Gasteiger partial charge in [-0.2, -0.15) is 0 Å². The highest BCUT2D eigenvalue weighted by molar-refractivity contribution is 7.78. The number of hydrogen-bond donors (Lipinski definition) is 0. The molecule has 1 aromatic rings. The molecule has 1 aromatic heterocycles. The molecule has 1 heterocycles. The number of aliphatic imine (C=N–C) groups is 1. The quantitative estimate of drug-likeness (QED) is 0.344. The Hall–Kier alpha value is -0.570. The van der Waals surface area contributed by atoms with E-state index in [0.717, 1.165) is 6.54 Å². The smallest absolute Gasteiger partial charge is 0.168 e. The first-order valence-electron chi connectivity index (χ1n) is 3.41. The lowest BCUT2D eigenvalue weighted by molar-refractivity contribution is -0.694. The van der Waals surface area contributed by atoms with Gasteiger partial charge in [0.25, 0.3) is 0 Å². The topological polar surface area (TPSA) is 16.2 Å². The molecule has 0 spiro atoms. The fourth-order valence-electron chi connectivity index (χ4n) is 0.795. The lowest BCUT2D eigenvalue weighted by atomic mass is 10.5. The van der Waals surface area contributed by atoms with Crippen molar-refractivity contribution in [2.75, 3.05) is 6.54 Å². The number of halogens is 1. The number of thiocarbonyl (C=S) groups is 1. The van der Waals surface area contributed by atoms with Crippen molar-refractivity contribution in [3.8, 4) is 0 Å². The molecule has 4 heteroatoms. The molecule has 0 aliphatic heterocycles. The molecule has 0 bridgehead atoms. The molecule has 0 aromatic carbocycles. The summed E-state index contributed by atoms with van der Waals surface area (Å²) in [6.45, 7) is 1.57. The van der Waals surface area contributed by atoms with Crippen molar-refractivity contribution in [3.05, 3.63) is 30.6 Å². The average Bonchev–Trinajstić information content (AvgIpc) is 2.07. The van der Waals surface area contributed by atoms with Gasteiger partial charge in [-0.05, 0) is 12.2 Å². The molecular weight excluding hydrogens is 236 g/mol. The second kappa shape index (κ2) is 7.10. The van der Waals surface area contributed by atoms with Gasteiger partial charge in [0.15, 0.2) is 18.9 Å². The third kappa shape index (κ3) is 4.34. The van der Waals surface area contributed by atoms with Crippen molar-refractivity contribution in [1.82, 2.24) is 0 Å². The van der Waals surface area contributed by atoms with Crippen molar-refractivity contribution < 1.29 is 21.5 Å². The summed E-state index contributed by atoms with van der Waals surface area (Å²) in [5.74, 6) is 0. The summed E-state index contributed by atoms with van der Waals surface area (Å²) in [5.41, 5.74) is 0. The fourth-order valence-corrected chi connectivity index (χ4v) is 0.886. The largest absolute Gasteiger partial charge is 1.00 e. The monoisotopic (exact) mass is 244 g/mol. The van der Waals surface area contributed by atoms with Crippen LogP contribution in [0.4, 0.5) is 0 Å². The molecule has 0 atom stereocenters. The maximum absolute atomic E-state index is 4.44. The van der Waals surface area contributed by atoms with E-state index in [9.17, 15) is 0 Å². The highest BCUT2D eigenvalue weighted by atomic mass is 79.9. The maximum Gasteiger partial charge on any atom is 0.168 e. The van der Waals surface area contributed by atoms with E-state index in [0.29, 0.717) is 6.54 Å². The summed E-state index contributed by atoms with van der Waals surface area (Å²) in [6.07, 6.45) is 4.00. The van der Waals surface area contributed by atoms with Gasteiger partial charge < -0.3 is 17.0 Å². The molecule has 64 valence electrons. The lowest BCUT2D eigenvalue weighted by Gasteiger charge is -1.89. The van der Waals surface area contributed by atoms with Gasteiger partial charge in [0.05, 0.1) is 5.16 Å². The van der Waals surface area contributed by atoms with Gasteiger partial charge in [-0.15, -0.1) is 0 Å². The molecule has 0 unspecified atom stereocenters. The third-order valence-corrected chi connectivity index (χ3v) is 1.44. The number of nitrogens with zero attached hydrogens (tertiary/aromatic N) is 2. The van der Waals surface area contributed by atoms with Crippen LogP contribution in [-0.4, -0.2) is 11.7 Å². The van der Waals surface area contributed by atoms with Gasteiger partial charge >= 0.3 is 0 Å². The minimum atomic E-state index is 0. The van der Waals surface area contributed by atoms with Gasteiger partial charge in [-0.25, -0.2) is 9.56 Å². The molecule has 0 saturated carbocycles. The molecule has 2 nitrogen and oxygen atoms in total. The fraction of sp³-hybridized carbons (Fsp3) is 0.250. The Labute approximate surface area is 87.7 Å². The number of aromatic nitrogens is 1. The van der Waals surface area contributed by atoms with Crippen LogP contribution in [-0.2, 0) is 6.54 Å². The third-order valence-electron chi connectivity index (χ3n) is 1.31. The minimum absolute atomic E-state index is 0. The molecule has 0 amide bonds. The van der Waals surface area contributed by atoms with Crippen LogP contribution < -0.4 is 21.5 Å². The molecule has 12 heavy (non-hydrogen) atoms.